The van der Waals surface area contributed by atoms with E-state index in [1.807, 2.05) is 10.8 Å². The van der Waals surface area contributed by atoms with Crippen LogP contribution in [0.15, 0.2) is 12.2 Å². The van der Waals surface area contributed by atoms with Crippen LogP contribution >= 0.6 is 21.6 Å². The highest BCUT2D eigenvalue weighted by Crippen LogP contribution is 2.45. The molecule has 0 bridgehead atoms. The fourth-order valence-electron chi connectivity index (χ4n) is 2.28. The molecule has 0 saturated heterocycles. The van der Waals surface area contributed by atoms with E-state index in [1.54, 1.807) is 0 Å². The predicted octanol–water partition coefficient (Wildman–Crippen LogP) is 8.24. The van der Waals surface area contributed by atoms with Crippen LogP contribution in [0.2, 0.25) is 0 Å². The lowest BCUT2D eigenvalue weighted by atomic mass is 9.69. The molecule has 0 N–H and O–H groups in total. The molecule has 0 nitrogen and oxygen atoms in total. The Bertz CT molecular complexity index is 368. The summed E-state index contributed by atoms with van der Waals surface area (Å²) >= 11 is 0. The van der Waals surface area contributed by atoms with Gasteiger partial charge in [0.2, 0.25) is 0 Å². The van der Waals surface area contributed by atoms with Crippen LogP contribution in [-0.2, 0) is 0 Å². The Morgan fingerprint density at radius 1 is 0.870 bits per heavy atom. The minimum absolute atomic E-state index is 0.255. The second-order valence-electron chi connectivity index (χ2n) is 10.1. The van der Waals surface area contributed by atoms with Crippen LogP contribution in [0, 0.1) is 22.2 Å². The lowest BCUT2D eigenvalue weighted by molar-refractivity contribution is 0.192. The van der Waals surface area contributed by atoms with Crippen molar-refractivity contribution in [1.29, 1.82) is 0 Å². The zero-order valence-electron chi connectivity index (χ0n) is 17.7. The zero-order valence-corrected chi connectivity index (χ0v) is 19.3. The standard InChI is InChI=1S/C21H42S2/c1-17(2)19(6,7)16-21(10,11)23-22-15-13-12-14-20(8,9)18(3,4)5/h12,14,17H,13,15-16H2,1-11H3/b14-12-. The molecule has 0 amide bonds. The van der Waals surface area contributed by atoms with Gasteiger partial charge in [0, 0.05) is 10.5 Å². The quantitative estimate of drug-likeness (QED) is 0.231. The van der Waals surface area contributed by atoms with Crippen LogP contribution in [-0.4, -0.2) is 10.5 Å². The maximum absolute atomic E-state index is 2.41. The molecule has 0 aliphatic rings. The second-order valence-corrected chi connectivity index (χ2v) is 13.3. The van der Waals surface area contributed by atoms with Gasteiger partial charge < -0.3 is 0 Å². The molecule has 0 saturated carbocycles. The predicted molar refractivity (Wildman–Crippen MR) is 114 cm³/mol. The summed E-state index contributed by atoms with van der Waals surface area (Å²) in [6, 6.07) is 0. The summed E-state index contributed by atoms with van der Waals surface area (Å²) in [5, 5.41) is 0. The van der Waals surface area contributed by atoms with E-state index in [0.29, 0.717) is 15.6 Å². The van der Waals surface area contributed by atoms with Gasteiger partial charge in [-0.1, -0.05) is 96.1 Å². The van der Waals surface area contributed by atoms with Gasteiger partial charge in [0.1, 0.15) is 0 Å². The largest absolute Gasteiger partial charge is 0.0933 e. The van der Waals surface area contributed by atoms with E-state index in [9.17, 15) is 0 Å². The number of allylic oxidation sites excluding steroid dienone is 2. The molecule has 0 fully saturated rings. The molecular formula is C21H42S2. The molecule has 0 radical (unpaired) electrons. The third-order valence-electron chi connectivity index (χ3n) is 5.56. The zero-order chi connectivity index (χ0) is 18.5. The minimum Gasteiger partial charge on any atom is -0.0933 e. The summed E-state index contributed by atoms with van der Waals surface area (Å²) in [6.45, 7) is 25.9. The first-order valence-electron chi connectivity index (χ1n) is 9.09. The topological polar surface area (TPSA) is 0 Å². The molecule has 0 atom stereocenters. The Labute approximate surface area is 155 Å². The van der Waals surface area contributed by atoms with Crippen molar-refractivity contribution in [2.75, 3.05) is 5.75 Å². The van der Waals surface area contributed by atoms with E-state index in [1.165, 1.54) is 18.6 Å². The Kier molecular flexibility index (Phi) is 8.86. The molecule has 0 aliphatic heterocycles. The highest BCUT2D eigenvalue weighted by atomic mass is 33.1. The summed E-state index contributed by atoms with van der Waals surface area (Å²) in [5.74, 6) is 1.93. The maximum atomic E-state index is 2.41. The Balaban J connectivity index is 4.22. The molecule has 0 rings (SSSR count). The van der Waals surface area contributed by atoms with E-state index in [4.69, 9.17) is 0 Å². The van der Waals surface area contributed by atoms with Gasteiger partial charge in [-0.2, -0.15) is 0 Å². The maximum Gasteiger partial charge on any atom is 0.0212 e. The van der Waals surface area contributed by atoms with E-state index in [-0.39, 0.29) is 5.41 Å². The van der Waals surface area contributed by atoms with E-state index < -0.39 is 0 Å². The van der Waals surface area contributed by atoms with Crippen molar-refractivity contribution in [2.24, 2.45) is 22.2 Å². The lowest BCUT2D eigenvalue weighted by Gasteiger charge is -2.37. The molecule has 0 spiro atoms. The molecule has 138 valence electrons. The van der Waals surface area contributed by atoms with Gasteiger partial charge in [-0.15, -0.1) is 0 Å². The highest BCUT2D eigenvalue weighted by molar-refractivity contribution is 8.77. The highest BCUT2D eigenvalue weighted by Gasteiger charge is 2.32. The molecular weight excluding hydrogens is 316 g/mol. The Morgan fingerprint density at radius 3 is 1.83 bits per heavy atom. The van der Waals surface area contributed by atoms with Crippen molar-refractivity contribution in [2.45, 2.75) is 93.7 Å². The molecule has 0 aromatic heterocycles. The Hall–Kier alpha value is 0.440. The Morgan fingerprint density at radius 2 is 1.39 bits per heavy atom. The van der Waals surface area contributed by atoms with Crippen LogP contribution in [0.5, 0.6) is 0 Å². The molecule has 0 aromatic rings. The first kappa shape index (κ1) is 23.4. The van der Waals surface area contributed by atoms with Gasteiger partial charge in [0.05, 0.1) is 0 Å². The minimum atomic E-state index is 0.255. The first-order chi connectivity index (χ1) is 10.1. The average Bonchev–Trinajstić information content (AvgIpc) is 2.30. The van der Waals surface area contributed by atoms with E-state index >= 15 is 0 Å². The van der Waals surface area contributed by atoms with Crippen LogP contribution < -0.4 is 0 Å². The third kappa shape index (κ3) is 8.91. The van der Waals surface area contributed by atoms with Gasteiger partial charge >= 0.3 is 0 Å². The molecule has 2 heteroatoms. The van der Waals surface area contributed by atoms with Crippen LogP contribution in [0.25, 0.3) is 0 Å². The first-order valence-corrected chi connectivity index (χ1v) is 11.4. The number of hydrogen-bond donors (Lipinski definition) is 0. The number of rotatable bonds is 9. The van der Waals surface area contributed by atoms with Gasteiger partial charge in [-0.05, 0) is 48.9 Å². The molecule has 23 heavy (non-hydrogen) atoms. The third-order valence-corrected chi connectivity index (χ3v) is 8.89. The van der Waals surface area contributed by atoms with E-state index in [0.717, 1.165) is 5.92 Å². The van der Waals surface area contributed by atoms with Crippen molar-refractivity contribution in [3.63, 3.8) is 0 Å². The van der Waals surface area contributed by atoms with Crippen LogP contribution in [0.1, 0.15) is 89.0 Å². The van der Waals surface area contributed by atoms with Crippen molar-refractivity contribution in [3.05, 3.63) is 12.2 Å². The summed E-state index contributed by atoms with van der Waals surface area (Å²) in [7, 11) is 4.11. The van der Waals surface area contributed by atoms with Crippen molar-refractivity contribution in [3.8, 4) is 0 Å². The normalized spacial score (nSPS) is 15.0. The van der Waals surface area contributed by atoms with Crippen LogP contribution in [0.3, 0.4) is 0 Å². The van der Waals surface area contributed by atoms with Gasteiger partial charge in [-0.25, -0.2) is 0 Å². The lowest BCUT2D eigenvalue weighted by Crippen LogP contribution is -2.29. The van der Waals surface area contributed by atoms with Crippen molar-refractivity contribution < 1.29 is 0 Å². The molecule has 0 heterocycles. The molecule has 0 aliphatic carbocycles. The fraction of sp³-hybridized carbons (Fsp3) is 0.905. The van der Waals surface area contributed by atoms with Crippen molar-refractivity contribution >= 4 is 21.6 Å². The number of hydrogen-bond acceptors (Lipinski definition) is 2. The van der Waals surface area contributed by atoms with Crippen LogP contribution in [0.4, 0.5) is 0 Å². The monoisotopic (exact) mass is 358 g/mol. The average molecular weight is 359 g/mol. The fourth-order valence-corrected chi connectivity index (χ4v) is 5.01. The van der Waals surface area contributed by atoms with Crippen molar-refractivity contribution in [1.82, 2.24) is 0 Å². The van der Waals surface area contributed by atoms with Gasteiger partial charge in [0.15, 0.2) is 0 Å². The summed E-state index contributed by atoms with van der Waals surface area (Å²) in [4.78, 5) is 0. The summed E-state index contributed by atoms with van der Waals surface area (Å²) < 4.78 is 0.340. The second kappa shape index (κ2) is 8.70. The smallest absolute Gasteiger partial charge is 0.0212 e. The van der Waals surface area contributed by atoms with E-state index in [2.05, 4.69) is 99.1 Å². The summed E-state index contributed by atoms with van der Waals surface area (Å²) in [5.41, 5.74) is 0.981. The molecule has 0 aromatic carbocycles. The SMILES string of the molecule is CC(C)C(C)(C)CC(C)(C)SSCC/C=C\C(C)(C)C(C)(C)C. The molecule has 0 unspecified atom stereocenters. The van der Waals surface area contributed by atoms with Gasteiger partial charge in [-0.3, -0.25) is 0 Å². The summed E-state index contributed by atoms with van der Waals surface area (Å²) in [6.07, 6.45) is 7.22. The van der Waals surface area contributed by atoms with Gasteiger partial charge in [0.25, 0.3) is 0 Å².